The molecule has 0 aromatic rings. The lowest BCUT2D eigenvalue weighted by atomic mass is 10.0. The van der Waals surface area contributed by atoms with Crippen LogP contribution in [-0.4, -0.2) is 37.9 Å². The van der Waals surface area contributed by atoms with E-state index in [1.165, 1.54) is 263 Å². The van der Waals surface area contributed by atoms with Gasteiger partial charge in [-0.2, -0.15) is 0 Å². The zero-order valence-electron chi connectivity index (χ0n) is 43.8. The van der Waals surface area contributed by atoms with E-state index in [4.69, 9.17) is 14.2 Å². The van der Waals surface area contributed by atoms with Crippen molar-refractivity contribution in [3.05, 3.63) is 12.2 Å². The Labute approximate surface area is 401 Å². The Bertz CT molecular complexity index is 932. The topological polar surface area (TPSA) is 61.8 Å². The minimum absolute atomic E-state index is 0.0951. The number of hydrogen-bond donors (Lipinski definition) is 0. The van der Waals surface area contributed by atoms with Crippen molar-refractivity contribution in [3.63, 3.8) is 0 Å². The minimum Gasteiger partial charge on any atom is -0.462 e. The Balaban J connectivity index is 4.17. The normalized spacial score (nSPS) is 12.1. The van der Waals surface area contributed by atoms with E-state index in [0.29, 0.717) is 26.1 Å². The summed E-state index contributed by atoms with van der Waals surface area (Å²) in [7, 11) is 0. The highest BCUT2D eigenvalue weighted by atomic mass is 16.6. The number of ether oxygens (including phenoxy) is 3. The monoisotopic (exact) mass is 903 g/mol. The van der Waals surface area contributed by atoms with Crippen molar-refractivity contribution >= 4 is 11.9 Å². The zero-order valence-corrected chi connectivity index (χ0v) is 43.8. The first-order chi connectivity index (χ1) is 31.6. The molecule has 0 spiro atoms. The van der Waals surface area contributed by atoms with Crippen LogP contribution in [0.15, 0.2) is 12.2 Å². The van der Waals surface area contributed by atoms with Crippen LogP contribution in [-0.2, 0) is 23.8 Å². The molecule has 0 rings (SSSR count). The fourth-order valence-corrected chi connectivity index (χ4v) is 8.92. The van der Waals surface area contributed by atoms with E-state index in [1.807, 2.05) is 0 Å². The highest BCUT2D eigenvalue weighted by molar-refractivity contribution is 5.70. The minimum atomic E-state index is -0.527. The molecule has 0 saturated carbocycles. The number of unbranched alkanes of at least 4 members (excludes halogenated alkanes) is 42. The van der Waals surface area contributed by atoms with Gasteiger partial charge in [-0.3, -0.25) is 9.59 Å². The molecule has 0 fully saturated rings. The number of esters is 2. The van der Waals surface area contributed by atoms with Gasteiger partial charge in [-0.1, -0.05) is 283 Å². The fraction of sp³-hybridized carbons (Fsp3) is 0.932. The molecule has 5 nitrogen and oxygen atoms in total. The Morgan fingerprint density at radius 1 is 0.328 bits per heavy atom. The molecule has 0 amide bonds. The second kappa shape index (κ2) is 56.0. The summed E-state index contributed by atoms with van der Waals surface area (Å²) in [5.41, 5.74) is 0. The van der Waals surface area contributed by atoms with Gasteiger partial charge in [-0.15, -0.1) is 0 Å². The molecule has 0 aliphatic rings. The molecular weight excluding hydrogens is 789 g/mol. The first kappa shape index (κ1) is 62.6. The van der Waals surface area contributed by atoms with Crippen molar-refractivity contribution in [2.75, 3.05) is 19.8 Å². The lowest BCUT2D eigenvalue weighted by molar-refractivity contribution is -0.163. The van der Waals surface area contributed by atoms with E-state index >= 15 is 0 Å². The predicted molar refractivity (Wildman–Crippen MR) is 279 cm³/mol. The van der Waals surface area contributed by atoms with Crippen LogP contribution < -0.4 is 0 Å². The third-order valence-corrected chi connectivity index (χ3v) is 13.3. The van der Waals surface area contributed by atoms with E-state index in [-0.39, 0.29) is 18.5 Å². The van der Waals surface area contributed by atoms with Gasteiger partial charge >= 0.3 is 11.9 Å². The quantitative estimate of drug-likeness (QED) is 0.0346. The average molecular weight is 904 g/mol. The largest absolute Gasteiger partial charge is 0.462 e. The van der Waals surface area contributed by atoms with Crippen LogP contribution in [0, 0.1) is 0 Å². The molecule has 1 unspecified atom stereocenters. The molecule has 0 N–H and O–H groups in total. The van der Waals surface area contributed by atoms with Gasteiger partial charge in [0.05, 0.1) is 6.61 Å². The maximum Gasteiger partial charge on any atom is 0.306 e. The summed E-state index contributed by atoms with van der Waals surface area (Å²) >= 11 is 0. The first-order valence-electron chi connectivity index (χ1n) is 29.2. The molecular formula is C59H114O5. The third kappa shape index (κ3) is 53.3. The van der Waals surface area contributed by atoms with E-state index in [2.05, 4.69) is 32.9 Å². The summed E-state index contributed by atoms with van der Waals surface area (Å²) < 4.78 is 17.5. The van der Waals surface area contributed by atoms with Crippen LogP contribution >= 0.6 is 0 Å². The van der Waals surface area contributed by atoms with Crippen LogP contribution in [0.3, 0.4) is 0 Å². The highest BCUT2D eigenvalue weighted by Crippen LogP contribution is 2.17. The van der Waals surface area contributed by atoms with Gasteiger partial charge in [0.25, 0.3) is 0 Å². The van der Waals surface area contributed by atoms with Gasteiger partial charge in [0.15, 0.2) is 6.10 Å². The predicted octanol–water partition coefficient (Wildman–Crippen LogP) is 19.8. The van der Waals surface area contributed by atoms with E-state index in [1.54, 1.807) is 0 Å². The Kier molecular flexibility index (Phi) is 54.8. The maximum atomic E-state index is 12.8. The number of rotatable bonds is 55. The fourth-order valence-electron chi connectivity index (χ4n) is 8.92. The summed E-state index contributed by atoms with van der Waals surface area (Å²) in [6.07, 6.45) is 65.2. The van der Waals surface area contributed by atoms with Crippen molar-refractivity contribution < 1.29 is 23.8 Å². The number of hydrogen-bond acceptors (Lipinski definition) is 5. The second-order valence-corrected chi connectivity index (χ2v) is 19.9. The molecule has 5 heteroatoms. The molecule has 0 heterocycles. The summed E-state index contributed by atoms with van der Waals surface area (Å²) in [6.45, 7) is 7.90. The molecule has 0 bridgehead atoms. The standard InChI is InChI=1S/C59H114O5/c1-4-7-10-13-16-19-22-25-27-28-29-30-31-33-36-39-42-45-48-51-54-62-55-57(64-59(61)53-50-47-44-41-38-34-24-21-18-15-12-9-6-3)56-63-58(60)52-49-46-43-40-37-35-32-26-23-20-17-14-11-8-5-2/h25,27,57H,4-24,26,28-56H2,1-3H3/b27-25-. The van der Waals surface area contributed by atoms with Crippen molar-refractivity contribution in [2.24, 2.45) is 0 Å². The summed E-state index contributed by atoms with van der Waals surface area (Å²) in [6, 6.07) is 0. The lowest BCUT2D eigenvalue weighted by Gasteiger charge is -2.18. The van der Waals surface area contributed by atoms with Gasteiger partial charge in [-0.25, -0.2) is 0 Å². The van der Waals surface area contributed by atoms with E-state index in [0.717, 1.165) is 32.1 Å². The van der Waals surface area contributed by atoms with Gasteiger partial charge in [-0.05, 0) is 44.9 Å². The third-order valence-electron chi connectivity index (χ3n) is 13.3. The van der Waals surface area contributed by atoms with Gasteiger partial charge in [0, 0.05) is 19.4 Å². The summed E-state index contributed by atoms with van der Waals surface area (Å²) in [4.78, 5) is 25.5. The van der Waals surface area contributed by atoms with Crippen LogP contribution in [0.2, 0.25) is 0 Å². The Hall–Kier alpha value is -1.36. The van der Waals surface area contributed by atoms with Crippen molar-refractivity contribution in [1.29, 1.82) is 0 Å². The first-order valence-corrected chi connectivity index (χ1v) is 29.2. The van der Waals surface area contributed by atoms with Crippen LogP contribution in [0.1, 0.15) is 329 Å². The Morgan fingerprint density at radius 2 is 0.609 bits per heavy atom. The highest BCUT2D eigenvalue weighted by Gasteiger charge is 2.17. The second-order valence-electron chi connectivity index (χ2n) is 19.9. The molecule has 1 atom stereocenters. The van der Waals surface area contributed by atoms with Crippen molar-refractivity contribution in [3.8, 4) is 0 Å². The molecule has 0 aliphatic heterocycles. The lowest BCUT2D eigenvalue weighted by Crippen LogP contribution is -2.30. The molecule has 380 valence electrons. The van der Waals surface area contributed by atoms with Crippen molar-refractivity contribution in [2.45, 2.75) is 335 Å². The van der Waals surface area contributed by atoms with Crippen LogP contribution in [0.5, 0.6) is 0 Å². The van der Waals surface area contributed by atoms with Gasteiger partial charge in [0.2, 0.25) is 0 Å². The summed E-state index contributed by atoms with van der Waals surface area (Å²) in [5, 5.41) is 0. The van der Waals surface area contributed by atoms with Crippen LogP contribution in [0.25, 0.3) is 0 Å². The Morgan fingerprint density at radius 3 is 0.953 bits per heavy atom. The van der Waals surface area contributed by atoms with Gasteiger partial charge < -0.3 is 14.2 Å². The number of carbonyl (C=O) groups is 2. The molecule has 64 heavy (non-hydrogen) atoms. The maximum absolute atomic E-state index is 12.8. The molecule has 0 aromatic heterocycles. The van der Waals surface area contributed by atoms with E-state index < -0.39 is 6.10 Å². The number of allylic oxidation sites excluding steroid dienone is 2. The van der Waals surface area contributed by atoms with Crippen molar-refractivity contribution in [1.82, 2.24) is 0 Å². The molecule has 0 saturated heterocycles. The molecule has 0 aromatic carbocycles. The van der Waals surface area contributed by atoms with Crippen LogP contribution in [0.4, 0.5) is 0 Å². The summed E-state index contributed by atoms with van der Waals surface area (Å²) in [5.74, 6) is -0.371. The smallest absolute Gasteiger partial charge is 0.306 e. The number of carbonyl (C=O) groups excluding carboxylic acids is 2. The SMILES string of the molecule is CCCCCCCC/C=C\CCCCCCCCCCCCOCC(COC(=O)CCCCCCCCCCCCCCCCC)OC(=O)CCCCCCCCCCCCCCC. The van der Waals surface area contributed by atoms with Gasteiger partial charge in [0.1, 0.15) is 6.61 Å². The molecule has 0 aliphatic carbocycles. The zero-order chi connectivity index (χ0) is 46.3. The average Bonchev–Trinajstić information content (AvgIpc) is 3.30. The molecule has 0 radical (unpaired) electrons. The van der Waals surface area contributed by atoms with E-state index in [9.17, 15) is 9.59 Å².